The third kappa shape index (κ3) is 4.29. The van der Waals surface area contributed by atoms with E-state index in [0.29, 0.717) is 17.1 Å². The van der Waals surface area contributed by atoms with Crippen LogP contribution in [0.3, 0.4) is 0 Å². The summed E-state index contributed by atoms with van der Waals surface area (Å²) >= 11 is 0. The number of hydrogen-bond donors (Lipinski definition) is 1. The minimum absolute atomic E-state index is 0.179. The summed E-state index contributed by atoms with van der Waals surface area (Å²) in [5.41, 5.74) is 3.35. The normalized spacial score (nSPS) is 18.1. The highest BCUT2D eigenvalue weighted by Gasteiger charge is 2.37. The number of rotatable bonds is 7. The van der Waals surface area contributed by atoms with Gasteiger partial charge in [0, 0.05) is 5.56 Å². The second kappa shape index (κ2) is 8.72. The first-order valence-electron chi connectivity index (χ1n) is 8.35. The summed E-state index contributed by atoms with van der Waals surface area (Å²) in [6.45, 7) is 0. The number of nitrogens with one attached hydrogen (secondary N) is 1. The van der Waals surface area contributed by atoms with Gasteiger partial charge in [-0.3, -0.25) is 0 Å². The van der Waals surface area contributed by atoms with Crippen LogP contribution in [0.25, 0.3) is 5.57 Å². The van der Waals surface area contributed by atoms with E-state index in [2.05, 4.69) is 15.5 Å². The lowest BCUT2D eigenvalue weighted by Gasteiger charge is -2.31. The number of ether oxygens (including phenoxy) is 4. The van der Waals surface area contributed by atoms with Crippen LogP contribution in [-0.2, 0) is 14.3 Å². The molecule has 0 fully saturated rings. The van der Waals surface area contributed by atoms with E-state index in [1.807, 2.05) is 18.2 Å². The number of para-hydroxylation sites is 2. The maximum atomic E-state index is 12.2. The zero-order valence-electron chi connectivity index (χ0n) is 15.4. The highest BCUT2D eigenvalue weighted by atomic mass is 16.7. The lowest BCUT2D eigenvalue weighted by molar-refractivity contribution is -0.135. The summed E-state index contributed by atoms with van der Waals surface area (Å²) < 4.78 is 21.8. The Labute approximate surface area is 162 Å². The minimum atomic E-state index is -1.65. The molecule has 28 heavy (non-hydrogen) atoms. The standard InChI is InChI=1S/C20H19N3O5/c1-25-14-17(19(24)26-2)16-10-6-7-11-18(16)28-20(21-12-13-22-23-20)27-15-8-4-3-5-9-15/h3-14,23H,1-2H3. The van der Waals surface area contributed by atoms with Crippen LogP contribution in [0.1, 0.15) is 5.56 Å². The largest absolute Gasteiger partial charge is 0.503 e. The molecule has 0 bridgehead atoms. The molecule has 2 aromatic rings. The molecule has 0 saturated heterocycles. The van der Waals surface area contributed by atoms with Crippen molar-refractivity contribution in [3.05, 3.63) is 66.4 Å². The Bertz CT molecular complexity index is 911. The van der Waals surface area contributed by atoms with Crippen molar-refractivity contribution in [1.82, 2.24) is 5.43 Å². The summed E-state index contributed by atoms with van der Waals surface area (Å²) in [4.78, 5) is 16.5. The third-order valence-corrected chi connectivity index (χ3v) is 3.66. The van der Waals surface area contributed by atoms with E-state index < -0.39 is 12.0 Å². The van der Waals surface area contributed by atoms with Gasteiger partial charge in [-0.15, -0.1) is 0 Å². The zero-order valence-corrected chi connectivity index (χ0v) is 15.4. The fraction of sp³-hybridized carbons (Fsp3) is 0.150. The van der Waals surface area contributed by atoms with Crippen molar-refractivity contribution in [2.75, 3.05) is 14.2 Å². The van der Waals surface area contributed by atoms with Crippen molar-refractivity contribution in [3.63, 3.8) is 0 Å². The fourth-order valence-corrected chi connectivity index (χ4v) is 2.46. The molecule has 1 N–H and O–H groups in total. The van der Waals surface area contributed by atoms with Crippen LogP contribution in [0.4, 0.5) is 0 Å². The van der Waals surface area contributed by atoms with E-state index in [1.165, 1.54) is 32.9 Å². The van der Waals surface area contributed by atoms with Gasteiger partial charge in [0.25, 0.3) is 0 Å². The third-order valence-electron chi connectivity index (χ3n) is 3.66. The van der Waals surface area contributed by atoms with Crippen LogP contribution in [0.5, 0.6) is 11.5 Å². The highest BCUT2D eigenvalue weighted by Crippen LogP contribution is 2.31. The topological polar surface area (TPSA) is 90.7 Å². The summed E-state index contributed by atoms with van der Waals surface area (Å²) in [7, 11) is 2.73. The zero-order chi connectivity index (χ0) is 19.8. The quantitative estimate of drug-likeness (QED) is 0.343. The number of nitrogens with zero attached hydrogens (tertiary/aromatic N) is 2. The molecule has 0 aliphatic carbocycles. The SMILES string of the molecule is COC=C(C(=O)OC)c1ccccc1OC1(Oc2ccccc2)N=CC=NN1. The number of carbonyl (C=O) groups excluding carboxylic acids is 1. The molecular formula is C20H19N3O5. The van der Waals surface area contributed by atoms with E-state index in [1.54, 1.807) is 36.4 Å². The molecule has 1 aliphatic rings. The van der Waals surface area contributed by atoms with E-state index in [9.17, 15) is 4.79 Å². The average molecular weight is 381 g/mol. The van der Waals surface area contributed by atoms with Crippen molar-refractivity contribution >= 4 is 24.0 Å². The van der Waals surface area contributed by atoms with Crippen LogP contribution in [0, 0.1) is 0 Å². The Balaban J connectivity index is 1.98. The molecule has 0 spiro atoms. The van der Waals surface area contributed by atoms with Crippen molar-refractivity contribution in [2.45, 2.75) is 6.03 Å². The lowest BCUT2D eigenvalue weighted by atomic mass is 10.1. The van der Waals surface area contributed by atoms with E-state index in [4.69, 9.17) is 18.9 Å². The van der Waals surface area contributed by atoms with Crippen LogP contribution >= 0.6 is 0 Å². The first-order valence-corrected chi connectivity index (χ1v) is 8.35. The Morgan fingerprint density at radius 1 is 1.00 bits per heavy atom. The second-order valence-electron chi connectivity index (χ2n) is 5.52. The average Bonchev–Trinajstić information content (AvgIpc) is 2.73. The Kier molecular flexibility index (Phi) is 5.91. The van der Waals surface area contributed by atoms with Gasteiger partial charge in [0.1, 0.15) is 17.1 Å². The molecule has 1 heterocycles. The first kappa shape index (κ1) is 19.0. The number of carbonyl (C=O) groups is 1. The van der Waals surface area contributed by atoms with E-state index in [0.717, 1.165) is 0 Å². The van der Waals surface area contributed by atoms with Crippen LogP contribution < -0.4 is 14.9 Å². The Morgan fingerprint density at radius 3 is 2.43 bits per heavy atom. The maximum Gasteiger partial charge on any atom is 0.465 e. The summed E-state index contributed by atoms with van der Waals surface area (Å²) in [6, 6.07) is 14.3. The van der Waals surface area contributed by atoms with E-state index in [-0.39, 0.29) is 5.57 Å². The molecule has 144 valence electrons. The van der Waals surface area contributed by atoms with Gasteiger partial charge in [-0.1, -0.05) is 36.4 Å². The molecule has 2 aromatic carbocycles. The van der Waals surface area contributed by atoms with Gasteiger partial charge in [0.05, 0.1) is 32.9 Å². The van der Waals surface area contributed by atoms with Crippen LogP contribution in [0.2, 0.25) is 0 Å². The number of esters is 1. The molecule has 1 unspecified atom stereocenters. The minimum Gasteiger partial charge on any atom is -0.503 e. The van der Waals surface area contributed by atoms with Gasteiger partial charge in [0.2, 0.25) is 0 Å². The molecule has 3 rings (SSSR count). The Hall–Kier alpha value is -3.81. The smallest absolute Gasteiger partial charge is 0.465 e. The summed E-state index contributed by atoms with van der Waals surface area (Å²) in [6.07, 6.45) is 4.20. The summed E-state index contributed by atoms with van der Waals surface area (Å²) in [5, 5.41) is 3.98. The van der Waals surface area contributed by atoms with Crippen molar-refractivity contribution in [3.8, 4) is 11.5 Å². The van der Waals surface area contributed by atoms with Gasteiger partial charge in [-0.25, -0.2) is 10.2 Å². The summed E-state index contributed by atoms with van der Waals surface area (Å²) in [5.74, 6) is 0.255. The fourth-order valence-electron chi connectivity index (χ4n) is 2.46. The number of hydrazone groups is 1. The molecule has 0 saturated carbocycles. The van der Waals surface area contributed by atoms with Crippen molar-refractivity contribution in [2.24, 2.45) is 10.1 Å². The van der Waals surface area contributed by atoms with Crippen LogP contribution in [-0.4, -0.2) is 38.7 Å². The maximum absolute atomic E-state index is 12.2. The van der Waals surface area contributed by atoms with Gasteiger partial charge < -0.3 is 18.9 Å². The van der Waals surface area contributed by atoms with Gasteiger partial charge in [-0.05, 0) is 18.2 Å². The van der Waals surface area contributed by atoms with E-state index >= 15 is 0 Å². The molecule has 1 atom stereocenters. The van der Waals surface area contributed by atoms with Gasteiger partial charge >= 0.3 is 12.0 Å². The molecule has 0 aromatic heterocycles. The predicted molar refractivity (Wildman–Crippen MR) is 104 cm³/mol. The number of benzene rings is 2. The molecule has 1 aliphatic heterocycles. The highest BCUT2D eigenvalue weighted by molar-refractivity contribution is 6.17. The van der Waals surface area contributed by atoms with Crippen molar-refractivity contribution in [1.29, 1.82) is 0 Å². The molecule has 8 nitrogen and oxygen atoms in total. The van der Waals surface area contributed by atoms with Crippen molar-refractivity contribution < 1.29 is 23.7 Å². The predicted octanol–water partition coefficient (Wildman–Crippen LogP) is 2.58. The van der Waals surface area contributed by atoms with Gasteiger partial charge in [0.15, 0.2) is 0 Å². The molecule has 0 amide bonds. The molecule has 8 heteroatoms. The first-order chi connectivity index (χ1) is 13.7. The number of hydrogen-bond acceptors (Lipinski definition) is 8. The van der Waals surface area contributed by atoms with Crippen LogP contribution in [0.15, 0.2) is 71.0 Å². The Morgan fingerprint density at radius 2 is 1.75 bits per heavy atom. The molecule has 0 radical (unpaired) electrons. The van der Waals surface area contributed by atoms with Gasteiger partial charge in [-0.2, -0.15) is 10.1 Å². The lowest BCUT2D eigenvalue weighted by Crippen LogP contribution is -2.53. The number of methoxy groups -OCH3 is 2. The number of aliphatic imine (C=N–C) groups is 1. The second-order valence-corrected chi connectivity index (χ2v) is 5.52. The monoisotopic (exact) mass is 381 g/mol. The molecular weight excluding hydrogens is 362 g/mol.